The predicted molar refractivity (Wildman–Crippen MR) is 114 cm³/mol. The number of nitrogens with zero attached hydrogens (tertiary/aromatic N) is 1. The van der Waals surface area contributed by atoms with Crippen LogP contribution in [0.25, 0.3) is 20.8 Å². The Kier molecular flexibility index (Phi) is 5.06. The number of carbonyl (C=O) groups is 1. The molecule has 0 bridgehead atoms. The third kappa shape index (κ3) is 3.80. The molecule has 3 nitrogen and oxygen atoms in total. The molecule has 0 aliphatic rings. The minimum atomic E-state index is -0.293. The number of anilines is 1. The number of halogens is 3. The molecule has 0 saturated heterocycles. The molecule has 134 valence electrons. The fourth-order valence-corrected chi connectivity index (χ4v) is 4.30. The average molecular weight is 434 g/mol. The van der Waals surface area contributed by atoms with Gasteiger partial charge in [0.05, 0.1) is 20.9 Å². The number of amides is 1. The minimum Gasteiger partial charge on any atom is -0.320 e. The first kappa shape index (κ1) is 18.3. The van der Waals surface area contributed by atoms with Crippen LogP contribution in [0.15, 0.2) is 60.7 Å². The Morgan fingerprint density at radius 1 is 0.926 bits per heavy atom. The molecule has 7 heteroatoms. The zero-order valence-electron chi connectivity index (χ0n) is 13.7. The summed E-state index contributed by atoms with van der Waals surface area (Å²) in [7, 11) is 0. The fraction of sp³-hybridized carbons (Fsp3) is 0. The quantitative estimate of drug-likeness (QED) is 0.372. The highest BCUT2D eigenvalue weighted by molar-refractivity contribution is 7.21. The zero-order chi connectivity index (χ0) is 19.0. The number of thiazole rings is 1. The maximum Gasteiger partial charge on any atom is 0.255 e. The van der Waals surface area contributed by atoms with E-state index >= 15 is 0 Å². The normalized spacial score (nSPS) is 10.9. The molecule has 0 aliphatic heterocycles. The summed E-state index contributed by atoms with van der Waals surface area (Å²) in [6.45, 7) is 0. The Morgan fingerprint density at radius 3 is 2.41 bits per heavy atom. The van der Waals surface area contributed by atoms with Crippen molar-refractivity contribution in [3.05, 3.63) is 81.3 Å². The summed E-state index contributed by atoms with van der Waals surface area (Å²) in [5, 5.41) is 4.99. The van der Waals surface area contributed by atoms with E-state index in [1.807, 2.05) is 24.3 Å². The van der Waals surface area contributed by atoms with E-state index in [4.69, 9.17) is 34.8 Å². The van der Waals surface area contributed by atoms with E-state index < -0.39 is 0 Å². The Balaban J connectivity index is 1.78. The molecule has 27 heavy (non-hydrogen) atoms. The number of carbonyl (C=O) groups excluding carboxylic acids is 1. The number of fused-ring (bicyclic) bond motifs is 1. The Labute approximate surface area is 174 Å². The van der Waals surface area contributed by atoms with E-state index in [0.29, 0.717) is 31.9 Å². The zero-order valence-corrected chi connectivity index (χ0v) is 16.8. The van der Waals surface area contributed by atoms with Gasteiger partial charge in [-0.2, -0.15) is 0 Å². The third-order valence-corrected chi connectivity index (χ3v) is 5.76. The lowest BCUT2D eigenvalue weighted by Crippen LogP contribution is -2.13. The van der Waals surface area contributed by atoms with Crippen LogP contribution in [0.3, 0.4) is 0 Å². The van der Waals surface area contributed by atoms with Crippen LogP contribution in [0.5, 0.6) is 0 Å². The molecule has 0 unspecified atom stereocenters. The molecule has 1 N–H and O–H groups in total. The first-order valence-corrected chi connectivity index (χ1v) is 9.88. The molecule has 0 atom stereocenters. The van der Waals surface area contributed by atoms with E-state index in [0.717, 1.165) is 15.2 Å². The van der Waals surface area contributed by atoms with E-state index in [1.165, 1.54) is 11.3 Å². The second-order valence-corrected chi connectivity index (χ2v) is 8.07. The van der Waals surface area contributed by atoms with Crippen molar-refractivity contribution in [2.75, 3.05) is 5.32 Å². The van der Waals surface area contributed by atoms with Gasteiger partial charge in [0, 0.05) is 21.2 Å². The first-order chi connectivity index (χ1) is 13.0. The van der Waals surface area contributed by atoms with Gasteiger partial charge in [0.15, 0.2) is 0 Å². The minimum absolute atomic E-state index is 0.293. The van der Waals surface area contributed by atoms with Crippen LogP contribution >= 0.6 is 46.1 Å². The van der Waals surface area contributed by atoms with Crippen LogP contribution < -0.4 is 5.32 Å². The molecule has 0 radical (unpaired) electrons. The summed E-state index contributed by atoms with van der Waals surface area (Å²) in [6, 6.07) is 17.8. The van der Waals surface area contributed by atoms with Gasteiger partial charge in [0.25, 0.3) is 5.91 Å². The predicted octanol–water partition coefficient (Wildman–Crippen LogP) is 7.18. The molecule has 1 aromatic heterocycles. The average Bonchev–Trinajstić information content (AvgIpc) is 3.08. The van der Waals surface area contributed by atoms with Crippen LogP contribution in [0.4, 0.5) is 5.69 Å². The van der Waals surface area contributed by atoms with Gasteiger partial charge in [-0.3, -0.25) is 4.79 Å². The van der Waals surface area contributed by atoms with Crippen LogP contribution in [0.2, 0.25) is 15.1 Å². The van der Waals surface area contributed by atoms with Crippen molar-refractivity contribution in [1.29, 1.82) is 0 Å². The third-order valence-electron chi connectivity index (χ3n) is 3.92. The summed E-state index contributed by atoms with van der Waals surface area (Å²) in [6.07, 6.45) is 0. The standard InChI is InChI=1S/C20H11Cl3N2OS/c21-12-7-5-11(6-8-12)19(26)25-18-14(9-13(22)10-15(18)23)20-24-16-3-1-2-4-17(16)27-20/h1-10H,(H,25,26). The number of hydrogen-bond acceptors (Lipinski definition) is 3. The van der Waals surface area contributed by atoms with Crippen molar-refractivity contribution < 1.29 is 4.79 Å². The molecule has 0 fully saturated rings. The summed E-state index contributed by atoms with van der Waals surface area (Å²) >= 11 is 20.0. The van der Waals surface area contributed by atoms with Crippen LogP contribution in [0, 0.1) is 0 Å². The maximum absolute atomic E-state index is 12.7. The number of hydrogen-bond donors (Lipinski definition) is 1. The lowest BCUT2D eigenvalue weighted by molar-refractivity contribution is 0.102. The number of nitrogens with one attached hydrogen (secondary N) is 1. The number of aromatic nitrogens is 1. The number of rotatable bonds is 3. The van der Waals surface area contributed by atoms with Crippen molar-refractivity contribution in [3.63, 3.8) is 0 Å². The van der Waals surface area contributed by atoms with Crippen molar-refractivity contribution in [1.82, 2.24) is 4.98 Å². The first-order valence-electron chi connectivity index (χ1n) is 7.93. The van der Waals surface area contributed by atoms with Crippen LogP contribution in [-0.2, 0) is 0 Å². The molecule has 3 aromatic carbocycles. The second kappa shape index (κ2) is 7.49. The van der Waals surface area contributed by atoms with Crippen molar-refractivity contribution in [2.45, 2.75) is 0 Å². The van der Waals surface area contributed by atoms with Crippen LogP contribution in [0.1, 0.15) is 10.4 Å². The Morgan fingerprint density at radius 2 is 1.67 bits per heavy atom. The maximum atomic E-state index is 12.7. The lowest BCUT2D eigenvalue weighted by atomic mass is 10.1. The topological polar surface area (TPSA) is 42.0 Å². The number of benzene rings is 3. The summed E-state index contributed by atoms with van der Waals surface area (Å²) in [5.74, 6) is -0.293. The van der Waals surface area contributed by atoms with Gasteiger partial charge in [0.1, 0.15) is 5.01 Å². The second-order valence-electron chi connectivity index (χ2n) is 5.76. The lowest BCUT2D eigenvalue weighted by Gasteiger charge is -2.12. The molecule has 0 spiro atoms. The van der Waals surface area contributed by atoms with Gasteiger partial charge in [-0.15, -0.1) is 11.3 Å². The highest BCUT2D eigenvalue weighted by Crippen LogP contribution is 2.40. The van der Waals surface area contributed by atoms with Gasteiger partial charge >= 0.3 is 0 Å². The highest BCUT2D eigenvalue weighted by atomic mass is 35.5. The smallest absolute Gasteiger partial charge is 0.255 e. The van der Waals surface area contributed by atoms with Crippen molar-refractivity contribution in [3.8, 4) is 10.6 Å². The van der Waals surface area contributed by atoms with E-state index in [-0.39, 0.29) is 5.91 Å². The van der Waals surface area contributed by atoms with Gasteiger partial charge < -0.3 is 5.32 Å². The molecule has 1 amide bonds. The fourth-order valence-electron chi connectivity index (χ4n) is 2.64. The van der Waals surface area contributed by atoms with Crippen molar-refractivity contribution in [2.24, 2.45) is 0 Å². The van der Waals surface area contributed by atoms with Crippen LogP contribution in [-0.4, -0.2) is 10.9 Å². The van der Waals surface area contributed by atoms with Gasteiger partial charge in [0.2, 0.25) is 0 Å². The Bertz CT molecular complexity index is 1120. The summed E-state index contributed by atoms with van der Waals surface area (Å²) in [4.78, 5) is 17.3. The molecule has 4 aromatic rings. The summed E-state index contributed by atoms with van der Waals surface area (Å²) < 4.78 is 1.04. The highest BCUT2D eigenvalue weighted by Gasteiger charge is 2.18. The molecule has 4 rings (SSSR count). The number of para-hydroxylation sites is 1. The Hall–Kier alpha value is -2.11. The molecular formula is C20H11Cl3N2OS. The van der Waals surface area contributed by atoms with E-state index in [1.54, 1.807) is 36.4 Å². The molecule has 0 saturated carbocycles. The van der Waals surface area contributed by atoms with Gasteiger partial charge in [-0.05, 0) is 48.5 Å². The molecular weight excluding hydrogens is 423 g/mol. The molecule has 0 aliphatic carbocycles. The monoisotopic (exact) mass is 432 g/mol. The van der Waals surface area contributed by atoms with E-state index in [9.17, 15) is 4.79 Å². The van der Waals surface area contributed by atoms with Crippen molar-refractivity contribution >= 4 is 68.0 Å². The molecule has 1 heterocycles. The largest absolute Gasteiger partial charge is 0.320 e. The van der Waals surface area contributed by atoms with Gasteiger partial charge in [-0.25, -0.2) is 4.98 Å². The van der Waals surface area contributed by atoms with E-state index in [2.05, 4.69) is 10.3 Å². The summed E-state index contributed by atoms with van der Waals surface area (Å²) in [5.41, 5.74) is 2.50. The van der Waals surface area contributed by atoms with Gasteiger partial charge in [-0.1, -0.05) is 46.9 Å². The SMILES string of the molecule is O=C(Nc1c(Cl)cc(Cl)cc1-c1nc2ccccc2s1)c1ccc(Cl)cc1.